The Bertz CT molecular complexity index is 141. The third-order valence-corrected chi connectivity index (χ3v) is 0.828. The summed E-state index contributed by atoms with van der Waals surface area (Å²) in [5.41, 5.74) is 5.21. The highest BCUT2D eigenvalue weighted by atomic mass is 35.5. The molecule has 10 heavy (non-hydrogen) atoms. The number of hydrogen-bond donors (Lipinski definition) is 1. The molecule has 0 amide bonds. The number of carbonyl (C=O) groups excluding carboxylic acids is 1. The fourth-order valence-electron chi connectivity index (χ4n) is 0.322. The van der Waals surface area contributed by atoms with Crippen molar-refractivity contribution >= 4 is 18.4 Å². The topological polar surface area (TPSA) is 52.3 Å². The van der Waals surface area contributed by atoms with Gasteiger partial charge in [-0.15, -0.1) is 18.8 Å². The van der Waals surface area contributed by atoms with Crippen LogP contribution in [0.15, 0.2) is 0 Å². The maximum absolute atomic E-state index is 10.4. The van der Waals surface area contributed by atoms with Crippen LogP contribution in [-0.2, 0) is 9.53 Å². The van der Waals surface area contributed by atoms with Crippen molar-refractivity contribution in [1.29, 1.82) is 0 Å². The molecule has 0 saturated carbocycles. The van der Waals surface area contributed by atoms with Crippen molar-refractivity contribution in [2.75, 3.05) is 7.11 Å². The Morgan fingerprint density at radius 3 is 2.70 bits per heavy atom. The van der Waals surface area contributed by atoms with Gasteiger partial charge in [0.1, 0.15) is 0 Å². The molecule has 0 aromatic rings. The van der Waals surface area contributed by atoms with E-state index in [1.54, 1.807) is 0 Å². The van der Waals surface area contributed by atoms with Crippen LogP contribution in [0.2, 0.25) is 0 Å². The molecule has 0 unspecified atom stereocenters. The van der Waals surface area contributed by atoms with E-state index in [1.807, 2.05) is 0 Å². The van der Waals surface area contributed by atoms with E-state index in [2.05, 4.69) is 10.7 Å². The molecule has 0 spiro atoms. The van der Waals surface area contributed by atoms with Gasteiger partial charge in [0.2, 0.25) is 0 Å². The first-order valence-corrected chi connectivity index (χ1v) is 2.49. The fourth-order valence-corrected chi connectivity index (χ4v) is 0.322. The van der Waals surface area contributed by atoms with Crippen LogP contribution in [0, 0.1) is 12.3 Å². The summed E-state index contributed by atoms with van der Waals surface area (Å²) in [6.45, 7) is 0. The van der Waals surface area contributed by atoms with E-state index in [0.717, 1.165) is 0 Å². The Labute approximate surface area is 66.3 Å². The van der Waals surface area contributed by atoms with E-state index in [4.69, 9.17) is 12.2 Å². The number of carbonyl (C=O) groups is 1. The number of rotatable bonds is 2. The predicted octanol–water partition coefficient (Wildman–Crippen LogP) is -0.0682. The molecule has 0 aliphatic carbocycles. The molecule has 2 N–H and O–H groups in total. The van der Waals surface area contributed by atoms with Gasteiger partial charge in [-0.05, 0) is 0 Å². The van der Waals surface area contributed by atoms with Crippen LogP contribution < -0.4 is 5.73 Å². The van der Waals surface area contributed by atoms with E-state index < -0.39 is 6.04 Å². The van der Waals surface area contributed by atoms with Crippen LogP contribution >= 0.6 is 12.4 Å². The maximum atomic E-state index is 10.4. The third-order valence-electron chi connectivity index (χ3n) is 0.828. The van der Waals surface area contributed by atoms with Crippen LogP contribution in [0.4, 0.5) is 0 Å². The van der Waals surface area contributed by atoms with Crippen molar-refractivity contribution < 1.29 is 9.53 Å². The van der Waals surface area contributed by atoms with Crippen LogP contribution in [0.25, 0.3) is 0 Å². The maximum Gasteiger partial charge on any atom is 0.308 e. The second-order valence-electron chi connectivity index (χ2n) is 1.55. The first-order valence-electron chi connectivity index (χ1n) is 2.49. The number of nitrogens with two attached hydrogens (primary N) is 1. The standard InChI is InChI=1S/C6H9NO2.ClH/c1-3-5(7)4-6(8)9-2;/h1,5H,4,7H2,2H3;1H/t5-;/m0./s1. The normalized spacial score (nSPS) is 10.5. The van der Waals surface area contributed by atoms with E-state index in [9.17, 15) is 4.79 Å². The Morgan fingerprint density at radius 2 is 2.40 bits per heavy atom. The quantitative estimate of drug-likeness (QED) is 0.458. The SMILES string of the molecule is C#C[C@H](N)CC(=O)OC.Cl. The summed E-state index contributed by atoms with van der Waals surface area (Å²) < 4.78 is 4.31. The summed E-state index contributed by atoms with van der Waals surface area (Å²) in [6.07, 6.45) is 4.98. The average Bonchev–Trinajstić information content (AvgIpc) is 1.87. The molecule has 3 nitrogen and oxygen atoms in total. The van der Waals surface area contributed by atoms with Gasteiger partial charge in [-0.25, -0.2) is 0 Å². The summed E-state index contributed by atoms with van der Waals surface area (Å²) in [7, 11) is 1.30. The minimum absolute atomic E-state index is 0. The van der Waals surface area contributed by atoms with Crippen molar-refractivity contribution in [3.63, 3.8) is 0 Å². The lowest BCUT2D eigenvalue weighted by Gasteiger charge is -1.99. The molecule has 0 heterocycles. The lowest BCUT2D eigenvalue weighted by Crippen LogP contribution is -2.22. The Hall–Kier alpha value is -0.720. The molecule has 0 radical (unpaired) electrons. The zero-order chi connectivity index (χ0) is 7.28. The summed E-state index contributed by atoms with van der Waals surface area (Å²) in [5, 5.41) is 0. The monoisotopic (exact) mass is 163 g/mol. The second-order valence-corrected chi connectivity index (χ2v) is 1.55. The van der Waals surface area contributed by atoms with Gasteiger partial charge < -0.3 is 10.5 Å². The molecule has 0 bridgehead atoms. The first-order chi connectivity index (χ1) is 4.20. The zero-order valence-corrected chi connectivity index (χ0v) is 6.48. The number of methoxy groups -OCH3 is 1. The van der Waals surface area contributed by atoms with Gasteiger partial charge in [-0.3, -0.25) is 4.79 Å². The molecular formula is C6H10ClNO2. The second kappa shape index (κ2) is 6.40. The molecule has 0 saturated heterocycles. The average molecular weight is 164 g/mol. The summed E-state index contributed by atoms with van der Waals surface area (Å²) in [6, 6.07) is -0.516. The minimum atomic E-state index is -0.516. The fraction of sp³-hybridized carbons (Fsp3) is 0.500. The number of esters is 1. The van der Waals surface area contributed by atoms with E-state index in [1.165, 1.54) is 7.11 Å². The van der Waals surface area contributed by atoms with Gasteiger partial charge in [0.15, 0.2) is 0 Å². The van der Waals surface area contributed by atoms with Gasteiger partial charge in [0.25, 0.3) is 0 Å². The Kier molecular flexibility index (Phi) is 7.68. The van der Waals surface area contributed by atoms with E-state index in [0.29, 0.717) is 0 Å². The first kappa shape index (κ1) is 12.0. The third kappa shape index (κ3) is 5.42. The molecule has 0 aromatic heterocycles. The van der Waals surface area contributed by atoms with E-state index >= 15 is 0 Å². The molecule has 0 aromatic carbocycles. The smallest absolute Gasteiger partial charge is 0.308 e. The van der Waals surface area contributed by atoms with Gasteiger partial charge >= 0.3 is 5.97 Å². The molecule has 0 aliphatic rings. The lowest BCUT2D eigenvalue weighted by atomic mass is 10.2. The number of terminal acetylenes is 1. The van der Waals surface area contributed by atoms with Gasteiger partial charge in [-0.1, -0.05) is 5.92 Å². The van der Waals surface area contributed by atoms with Crippen LogP contribution in [0.5, 0.6) is 0 Å². The van der Waals surface area contributed by atoms with Crippen LogP contribution in [0.1, 0.15) is 6.42 Å². The summed E-state index contributed by atoms with van der Waals surface area (Å²) in [4.78, 5) is 10.4. The molecule has 1 atom stereocenters. The molecule has 4 heteroatoms. The van der Waals surface area contributed by atoms with Crippen molar-refractivity contribution in [1.82, 2.24) is 0 Å². The Balaban J connectivity index is 0. The van der Waals surface area contributed by atoms with Crippen molar-refractivity contribution in [3.05, 3.63) is 0 Å². The highest BCUT2D eigenvalue weighted by Crippen LogP contribution is 1.87. The van der Waals surface area contributed by atoms with Crippen LogP contribution in [-0.4, -0.2) is 19.1 Å². The zero-order valence-electron chi connectivity index (χ0n) is 5.66. The molecular weight excluding hydrogens is 154 g/mol. The molecule has 0 rings (SSSR count). The molecule has 0 aliphatic heterocycles. The van der Waals surface area contributed by atoms with Crippen molar-refractivity contribution in [3.8, 4) is 12.3 Å². The van der Waals surface area contributed by atoms with Crippen LogP contribution in [0.3, 0.4) is 0 Å². The highest BCUT2D eigenvalue weighted by Gasteiger charge is 2.04. The molecule has 58 valence electrons. The van der Waals surface area contributed by atoms with Crippen molar-refractivity contribution in [2.24, 2.45) is 5.73 Å². The Morgan fingerprint density at radius 1 is 1.90 bits per heavy atom. The van der Waals surface area contributed by atoms with Gasteiger partial charge in [0, 0.05) is 0 Å². The summed E-state index contributed by atoms with van der Waals surface area (Å²) in [5.74, 6) is 1.83. The van der Waals surface area contributed by atoms with E-state index in [-0.39, 0.29) is 24.8 Å². The lowest BCUT2D eigenvalue weighted by molar-refractivity contribution is -0.140. The number of ether oxygens (including phenoxy) is 1. The minimum Gasteiger partial charge on any atom is -0.469 e. The number of hydrogen-bond acceptors (Lipinski definition) is 3. The van der Waals surface area contributed by atoms with Gasteiger partial charge in [-0.2, -0.15) is 0 Å². The number of halogens is 1. The largest absolute Gasteiger partial charge is 0.469 e. The molecule has 0 fully saturated rings. The predicted molar refractivity (Wildman–Crippen MR) is 40.7 cm³/mol. The van der Waals surface area contributed by atoms with Gasteiger partial charge in [0.05, 0.1) is 19.6 Å². The highest BCUT2D eigenvalue weighted by molar-refractivity contribution is 5.85. The van der Waals surface area contributed by atoms with Crippen molar-refractivity contribution in [2.45, 2.75) is 12.5 Å². The summed E-state index contributed by atoms with van der Waals surface area (Å²) >= 11 is 0.